The summed E-state index contributed by atoms with van der Waals surface area (Å²) in [5, 5.41) is 7.52. The van der Waals surface area contributed by atoms with E-state index in [1.807, 2.05) is 18.5 Å². The Bertz CT molecular complexity index is 403. The van der Waals surface area contributed by atoms with E-state index in [0.717, 1.165) is 19.3 Å². The number of hydrogen-bond acceptors (Lipinski definition) is 4. The largest absolute Gasteiger partial charge is 0.368 e. The zero-order chi connectivity index (χ0) is 13.2. The second kappa shape index (κ2) is 5.06. The Morgan fingerprint density at radius 2 is 2.39 bits per heavy atom. The predicted octanol–water partition coefficient (Wildman–Crippen LogP) is 0.615. The van der Waals surface area contributed by atoms with Crippen LogP contribution in [0.3, 0.4) is 0 Å². The van der Waals surface area contributed by atoms with Gasteiger partial charge in [0.2, 0.25) is 5.91 Å². The van der Waals surface area contributed by atoms with E-state index < -0.39 is 5.54 Å². The molecule has 0 spiro atoms. The highest BCUT2D eigenvalue weighted by atomic mass is 16.1. The van der Waals surface area contributed by atoms with Crippen LogP contribution in [-0.2, 0) is 4.79 Å². The Kier molecular flexibility index (Phi) is 3.65. The topological polar surface area (TPSA) is 85.8 Å². The van der Waals surface area contributed by atoms with Gasteiger partial charge in [-0.15, -0.1) is 0 Å². The van der Waals surface area contributed by atoms with Gasteiger partial charge in [0.25, 0.3) is 0 Å². The first-order valence-electron chi connectivity index (χ1n) is 6.45. The minimum absolute atomic E-state index is 0.194. The van der Waals surface area contributed by atoms with Crippen LogP contribution < -0.4 is 11.1 Å². The molecule has 1 fully saturated rings. The molecule has 1 aromatic heterocycles. The molecule has 18 heavy (non-hydrogen) atoms. The molecule has 0 saturated heterocycles. The second-order valence-corrected chi connectivity index (χ2v) is 5.37. The highest BCUT2D eigenvalue weighted by Crippen LogP contribution is 2.35. The molecule has 0 bridgehead atoms. The molecule has 1 aliphatic carbocycles. The molecule has 3 N–H and O–H groups in total. The summed E-state index contributed by atoms with van der Waals surface area (Å²) in [6, 6.07) is 0.423. The lowest BCUT2D eigenvalue weighted by Crippen LogP contribution is -2.59. The quantitative estimate of drug-likeness (QED) is 0.821. The average Bonchev–Trinajstić information content (AvgIpc) is 2.81. The van der Waals surface area contributed by atoms with Gasteiger partial charge in [-0.05, 0) is 39.5 Å². The molecule has 1 heterocycles. The van der Waals surface area contributed by atoms with Crippen molar-refractivity contribution in [3.05, 3.63) is 12.7 Å². The molecule has 6 heteroatoms. The number of nitrogens with one attached hydrogen (secondary N) is 1. The number of rotatable bonds is 4. The van der Waals surface area contributed by atoms with Crippen molar-refractivity contribution in [3.8, 4) is 0 Å². The first-order valence-corrected chi connectivity index (χ1v) is 6.45. The maximum Gasteiger partial charge on any atom is 0.237 e. The molecule has 2 rings (SSSR count). The number of nitrogens with two attached hydrogens (primary N) is 1. The van der Waals surface area contributed by atoms with E-state index in [0.29, 0.717) is 6.42 Å². The van der Waals surface area contributed by atoms with Crippen molar-refractivity contribution >= 4 is 5.91 Å². The Hall–Kier alpha value is -1.43. The summed E-state index contributed by atoms with van der Waals surface area (Å²) in [4.78, 5) is 15.8. The number of nitrogens with zero attached hydrogens (tertiary/aromatic N) is 3. The van der Waals surface area contributed by atoms with E-state index in [1.54, 1.807) is 6.33 Å². The Labute approximate surface area is 107 Å². The van der Waals surface area contributed by atoms with Gasteiger partial charge in [-0.1, -0.05) is 0 Å². The third-order valence-corrected chi connectivity index (χ3v) is 3.57. The summed E-state index contributed by atoms with van der Waals surface area (Å²) < 4.78 is 1.83. The zero-order valence-electron chi connectivity index (χ0n) is 11.0. The predicted molar refractivity (Wildman–Crippen MR) is 67.7 cm³/mol. The molecule has 1 aromatic rings. The Morgan fingerprint density at radius 3 is 2.94 bits per heavy atom. The van der Waals surface area contributed by atoms with Crippen molar-refractivity contribution < 1.29 is 4.79 Å². The van der Waals surface area contributed by atoms with Crippen LogP contribution >= 0.6 is 0 Å². The Balaban J connectivity index is 2.18. The van der Waals surface area contributed by atoms with E-state index >= 15 is 0 Å². The average molecular weight is 251 g/mol. The van der Waals surface area contributed by atoms with Crippen molar-refractivity contribution in [2.24, 2.45) is 5.73 Å². The summed E-state index contributed by atoms with van der Waals surface area (Å²) in [5.41, 5.74) is 5.01. The molecule has 1 aliphatic rings. The summed E-state index contributed by atoms with van der Waals surface area (Å²) in [7, 11) is 0. The lowest BCUT2D eigenvalue weighted by molar-refractivity contribution is -0.126. The number of carbonyl (C=O) groups is 1. The first-order chi connectivity index (χ1) is 8.53. The molecule has 1 amide bonds. The molecule has 0 aliphatic heterocycles. The fourth-order valence-corrected chi connectivity index (χ4v) is 2.86. The van der Waals surface area contributed by atoms with Gasteiger partial charge in [-0.25, -0.2) is 9.67 Å². The molecular formula is C12H21N5O. The molecule has 6 nitrogen and oxygen atoms in total. The molecule has 2 atom stereocenters. The SMILES string of the molecule is CC(C)NC1(C(N)=O)CCCC(n2cncn2)C1. The van der Waals surface area contributed by atoms with E-state index in [9.17, 15) is 4.79 Å². The third-order valence-electron chi connectivity index (χ3n) is 3.57. The van der Waals surface area contributed by atoms with Gasteiger partial charge in [0.15, 0.2) is 0 Å². The monoisotopic (exact) mass is 251 g/mol. The Morgan fingerprint density at radius 1 is 1.61 bits per heavy atom. The standard InChI is InChI=1S/C12H21N5O/c1-9(2)16-12(11(13)18)5-3-4-10(6-12)17-8-14-7-15-17/h7-10,16H,3-6H2,1-2H3,(H2,13,18). The number of amides is 1. The molecule has 0 aromatic carbocycles. The lowest BCUT2D eigenvalue weighted by Gasteiger charge is -2.40. The van der Waals surface area contributed by atoms with E-state index in [2.05, 4.69) is 15.4 Å². The summed E-state index contributed by atoms with van der Waals surface area (Å²) in [6.45, 7) is 4.06. The molecule has 1 saturated carbocycles. The highest BCUT2D eigenvalue weighted by molar-refractivity contribution is 5.84. The normalized spacial score (nSPS) is 28.5. The molecular weight excluding hydrogens is 230 g/mol. The molecule has 2 unspecified atom stereocenters. The molecule has 0 radical (unpaired) electrons. The smallest absolute Gasteiger partial charge is 0.237 e. The van der Waals surface area contributed by atoms with Crippen LogP contribution in [0.25, 0.3) is 0 Å². The van der Waals surface area contributed by atoms with Crippen LogP contribution in [-0.4, -0.2) is 32.3 Å². The first kappa shape index (κ1) is 13.0. The van der Waals surface area contributed by atoms with Gasteiger partial charge in [0.1, 0.15) is 12.7 Å². The van der Waals surface area contributed by atoms with Crippen molar-refractivity contribution in [2.75, 3.05) is 0 Å². The fraction of sp³-hybridized carbons (Fsp3) is 0.750. The van der Waals surface area contributed by atoms with Crippen LogP contribution in [0.4, 0.5) is 0 Å². The van der Waals surface area contributed by atoms with Crippen molar-refractivity contribution in [3.63, 3.8) is 0 Å². The van der Waals surface area contributed by atoms with Crippen LogP contribution in [0.2, 0.25) is 0 Å². The maximum absolute atomic E-state index is 11.8. The third kappa shape index (κ3) is 2.53. The summed E-state index contributed by atoms with van der Waals surface area (Å²) in [6.07, 6.45) is 6.69. The van der Waals surface area contributed by atoms with Crippen LogP contribution in [0, 0.1) is 0 Å². The number of aromatic nitrogens is 3. The minimum atomic E-state index is -0.608. The van der Waals surface area contributed by atoms with E-state index in [1.165, 1.54) is 6.33 Å². The van der Waals surface area contributed by atoms with Crippen molar-refractivity contribution in [1.29, 1.82) is 0 Å². The summed E-state index contributed by atoms with van der Waals surface area (Å²) >= 11 is 0. The van der Waals surface area contributed by atoms with Crippen LogP contribution in [0.1, 0.15) is 45.6 Å². The minimum Gasteiger partial charge on any atom is -0.368 e. The lowest BCUT2D eigenvalue weighted by atomic mass is 9.78. The van der Waals surface area contributed by atoms with Gasteiger partial charge < -0.3 is 11.1 Å². The number of carbonyl (C=O) groups excluding carboxylic acids is 1. The highest BCUT2D eigenvalue weighted by Gasteiger charge is 2.42. The van der Waals surface area contributed by atoms with Gasteiger partial charge in [-0.3, -0.25) is 4.79 Å². The van der Waals surface area contributed by atoms with Crippen molar-refractivity contribution in [1.82, 2.24) is 20.1 Å². The van der Waals surface area contributed by atoms with E-state index in [4.69, 9.17) is 5.73 Å². The fourth-order valence-electron chi connectivity index (χ4n) is 2.86. The van der Waals surface area contributed by atoms with Gasteiger partial charge in [-0.2, -0.15) is 5.10 Å². The van der Waals surface area contributed by atoms with Gasteiger partial charge in [0.05, 0.1) is 11.6 Å². The van der Waals surface area contributed by atoms with Crippen molar-refractivity contribution in [2.45, 2.75) is 57.2 Å². The summed E-state index contributed by atoms with van der Waals surface area (Å²) in [5.74, 6) is -0.263. The van der Waals surface area contributed by atoms with Gasteiger partial charge in [0, 0.05) is 6.04 Å². The zero-order valence-corrected chi connectivity index (χ0v) is 11.0. The van der Waals surface area contributed by atoms with Crippen LogP contribution in [0.5, 0.6) is 0 Å². The molecule has 100 valence electrons. The maximum atomic E-state index is 11.8. The van der Waals surface area contributed by atoms with E-state index in [-0.39, 0.29) is 18.0 Å². The number of primary amides is 1. The number of hydrogen-bond donors (Lipinski definition) is 2. The second-order valence-electron chi connectivity index (χ2n) is 5.37. The van der Waals surface area contributed by atoms with Crippen LogP contribution in [0.15, 0.2) is 12.7 Å². The van der Waals surface area contributed by atoms with Gasteiger partial charge >= 0.3 is 0 Å².